The molecule has 1 atom stereocenters. The molecule has 3 nitrogen and oxygen atoms in total. The van der Waals surface area contributed by atoms with Crippen molar-refractivity contribution in [2.45, 2.75) is 51.6 Å². The molecule has 0 amide bonds. The van der Waals surface area contributed by atoms with Gasteiger partial charge in [0.2, 0.25) is 0 Å². The maximum atomic E-state index is 6.05. The Kier molecular flexibility index (Phi) is 4.41. The molecule has 1 aromatic heterocycles. The molecule has 1 aliphatic rings. The van der Waals surface area contributed by atoms with Crippen LogP contribution in [-0.4, -0.2) is 29.0 Å². The molecule has 0 aliphatic heterocycles. The maximum absolute atomic E-state index is 6.05. The SMILES string of the molecule is Cc1ncsc1CN(C)C(C)(CN)CC1CCC1. The van der Waals surface area contributed by atoms with Crippen LogP contribution in [0.5, 0.6) is 0 Å². The molecule has 0 spiro atoms. The molecule has 102 valence electrons. The average Bonchev–Trinajstić information content (AvgIpc) is 2.69. The van der Waals surface area contributed by atoms with Crippen LogP contribution in [0.15, 0.2) is 5.51 Å². The number of aryl methyl sites for hydroxylation is 1. The summed E-state index contributed by atoms with van der Waals surface area (Å²) in [6, 6.07) is 0. The first-order chi connectivity index (χ1) is 8.55. The molecule has 0 aromatic carbocycles. The highest BCUT2D eigenvalue weighted by Crippen LogP contribution is 2.36. The van der Waals surface area contributed by atoms with Crippen molar-refractivity contribution in [2.24, 2.45) is 11.7 Å². The van der Waals surface area contributed by atoms with Crippen molar-refractivity contribution >= 4 is 11.3 Å². The van der Waals surface area contributed by atoms with E-state index in [1.54, 1.807) is 11.3 Å². The van der Waals surface area contributed by atoms with Crippen LogP contribution in [0.25, 0.3) is 0 Å². The van der Waals surface area contributed by atoms with Crippen LogP contribution in [0.2, 0.25) is 0 Å². The Balaban J connectivity index is 1.99. The molecule has 0 bridgehead atoms. The smallest absolute Gasteiger partial charge is 0.0798 e. The molecule has 0 radical (unpaired) electrons. The van der Waals surface area contributed by atoms with Gasteiger partial charge in [-0.05, 0) is 33.2 Å². The Morgan fingerprint density at radius 2 is 2.28 bits per heavy atom. The summed E-state index contributed by atoms with van der Waals surface area (Å²) < 4.78 is 0. The Labute approximate surface area is 114 Å². The minimum Gasteiger partial charge on any atom is -0.329 e. The highest BCUT2D eigenvalue weighted by Gasteiger charge is 2.33. The first kappa shape index (κ1) is 14.0. The monoisotopic (exact) mass is 267 g/mol. The minimum absolute atomic E-state index is 0.127. The highest BCUT2D eigenvalue weighted by atomic mass is 32.1. The zero-order chi connectivity index (χ0) is 13.2. The molecule has 1 fully saturated rings. The van der Waals surface area contributed by atoms with Gasteiger partial charge in [0.25, 0.3) is 0 Å². The van der Waals surface area contributed by atoms with Crippen molar-refractivity contribution in [2.75, 3.05) is 13.6 Å². The van der Waals surface area contributed by atoms with Crippen LogP contribution in [0, 0.1) is 12.8 Å². The van der Waals surface area contributed by atoms with Crippen LogP contribution < -0.4 is 5.73 Å². The van der Waals surface area contributed by atoms with Gasteiger partial charge in [-0.25, -0.2) is 4.98 Å². The topological polar surface area (TPSA) is 42.2 Å². The van der Waals surface area contributed by atoms with E-state index in [4.69, 9.17) is 5.73 Å². The third kappa shape index (κ3) is 2.92. The van der Waals surface area contributed by atoms with Crippen molar-refractivity contribution in [1.29, 1.82) is 0 Å². The molecular weight excluding hydrogens is 242 g/mol. The number of thiazole rings is 1. The van der Waals surface area contributed by atoms with Gasteiger partial charge < -0.3 is 5.73 Å². The van der Waals surface area contributed by atoms with Gasteiger partial charge >= 0.3 is 0 Å². The van der Waals surface area contributed by atoms with Crippen LogP contribution in [0.1, 0.15) is 43.2 Å². The molecule has 1 aliphatic carbocycles. The predicted octanol–water partition coefficient (Wildman–Crippen LogP) is 2.79. The lowest BCUT2D eigenvalue weighted by Gasteiger charge is -2.42. The fraction of sp³-hybridized carbons (Fsp3) is 0.786. The number of rotatable bonds is 6. The van der Waals surface area contributed by atoms with Crippen molar-refractivity contribution in [3.05, 3.63) is 16.1 Å². The van der Waals surface area contributed by atoms with Crippen LogP contribution >= 0.6 is 11.3 Å². The summed E-state index contributed by atoms with van der Waals surface area (Å²) in [5.41, 5.74) is 9.27. The van der Waals surface area contributed by atoms with Gasteiger partial charge in [0.15, 0.2) is 0 Å². The van der Waals surface area contributed by atoms with Gasteiger partial charge in [-0.1, -0.05) is 19.3 Å². The quantitative estimate of drug-likeness (QED) is 0.862. The lowest BCUT2D eigenvalue weighted by Crippen LogP contribution is -2.51. The van der Waals surface area contributed by atoms with Crippen LogP contribution in [-0.2, 0) is 6.54 Å². The molecule has 0 saturated heterocycles. The first-order valence-corrected chi connectivity index (χ1v) is 7.73. The standard InChI is InChI=1S/C14H25N3S/c1-11-13(18-10-16-11)8-17(3)14(2,9-15)7-12-5-4-6-12/h10,12H,4-9,15H2,1-3H3. The molecule has 1 heterocycles. The van der Waals surface area contributed by atoms with Crippen LogP contribution in [0.3, 0.4) is 0 Å². The molecule has 1 unspecified atom stereocenters. The van der Waals surface area contributed by atoms with E-state index < -0.39 is 0 Å². The highest BCUT2D eigenvalue weighted by molar-refractivity contribution is 7.09. The fourth-order valence-corrected chi connectivity index (χ4v) is 3.43. The van der Waals surface area contributed by atoms with Crippen molar-refractivity contribution in [3.8, 4) is 0 Å². The summed E-state index contributed by atoms with van der Waals surface area (Å²) in [6.45, 7) is 6.10. The van der Waals surface area contributed by atoms with E-state index >= 15 is 0 Å². The lowest BCUT2D eigenvalue weighted by molar-refractivity contribution is 0.0863. The van der Waals surface area contributed by atoms with Crippen molar-refractivity contribution < 1.29 is 0 Å². The predicted molar refractivity (Wildman–Crippen MR) is 77.7 cm³/mol. The number of nitrogens with two attached hydrogens (primary N) is 1. The van der Waals surface area contributed by atoms with E-state index in [1.807, 2.05) is 5.51 Å². The maximum Gasteiger partial charge on any atom is 0.0798 e. The zero-order valence-corrected chi connectivity index (χ0v) is 12.6. The van der Waals surface area contributed by atoms with E-state index in [0.29, 0.717) is 0 Å². The molecular formula is C14H25N3S. The zero-order valence-electron chi connectivity index (χ0n) is 11.8. The third-order valence-electron chi connectivity index (χ3n) is 4.54. The number of likely N-dealkylation sites (N-methyl/N-ethyl adjacent to an activating group) is 1. The normalized spacial score (nSPS) is 19.8. The Morgan fingerprint density at radius 3 is 2.72 bits per heavy atom. The molecule has 1 aromatic rings. The number of nitrogens with zero attached hydrogens (tertiary/aromatic N) is 2. The number of hydrogen-bond acceptors (Lipinski definition) is 4. The van der Waals surface area contributed by atoms with E-state index in [2.05, 4.69) is 30.8 Å². The molecule has 2 rings (SSSR count). The third-order valence-corrected chi connectivity index (χ3v) is 5.46. The molecule has 4 heteroatoms. The fourth-order valence-electron chi connectivity index (χ4n) is 2.60. The Morgan fingerprint density at radius 1 is 1.56 bits per heavy atom. The van der Waals surface area contributed by atoms with Crippen molar-refractivity contribution in [3.63, 3.8) is 0 Å². The van der Waals surface area contributed by atoms with E-state index in [1.165, 1.54) is 30.6 Å². The van der Waals surface area contributed by atoms with E-state index in [0.717, 1.165) is 24.7 Å². The average molecular weight is 267 g/mol. The van der Waals surface area contributed by atoms with Gasteiger partial charge in [-0.2, -0.15) is 0 Å². The van der Waals surface area contributed by atoms with Gasteiger partial charge in [-0.15, -0.1) is 11.3 Å². The molecule has 18 heavy (non-hydrogen) atoms. The van der Waals surface area contributed by atoms with Gasteiger partial charge in [0, 0.05) is 23.5 Å². The summed E-state index contributed by atoms with van der Waals surface area (Å²) in [4.78, 5) is 8.12. The Hall–Kier alpha value is -0.450. The number of hydrogen-bond donors (Lipinski definition) is 1. The van der Waals surface area contributed by atoms with E-state index in [9.17, 15) is 0 Å². The minimum atomic E-state index is 0.127. The number of aromatic nitrogens is 1. The van der Waals surface area contributed by atoms with Crippen molar-refractivity contribution in [1.82, 2.24) is 9.88 Å². The van der Waals surface area contributed by atoms with E-state index in [-0.39, 0.29) is 5.54 Å². The lowest BCUT2D eigenvalue weighted by atomic mass is 9.76. The summed E-state index contributed by atoms with van der Waals surface area (Å²) >= 11 is 1.75. The molecule has 1 saturated carbocycles. The van der Waals surface area contributed by atoms with Gasteiger partial charge in [-0.3, -0.25) is 4.90 Å². The summed E-state index contributed by atoms with van der Waals surface area (Å²) in [5, 5.41) is 0. The second kappa shape index (κ2) is 5.68. The molecule has 2 N–H and O–H groups in total. The van der Waals surface area contributed by atoms with Gasteiger partial charge in [0.1, 0.15) is 0 Å². The largest absolute Gasteiger partial charge is 0.329 e. The summed E-state index contributed by atoms with van der Waals surface area (Å²) in [6.07, 6.45) is 5.42. The second-order valence-corrected chi connectivity index (χ2v) is 6.86. The van der Waals surface area contributed by atoms with Crippen LogP contribution in [0.4, 0.5) is 0 Å². The second-order valence-electron chi connectivity index (χ2n) is 5.92. The first-order valence-electron chi connectivity index (χ1n) is 6.85. The Bertz CT molecular complexity index is 386. The van der Waals surface area contributed by atoms with Gasteiger partial charge in [0.05, 0.1) is 11.2 Å². The summed E-state index contributed by atoms with van der Waals surface area (Å²) in [7, 11) is 2.20. The summed E-state index contributed by atoms with van der Waals surface area (Å²) in [5.74, 6) is 0.892.